The molecule has 2 heterocycles. The van der Waals surface area contributed by atoms with Crippen molar-refractivity contribution in [2.75, 3.05) is 6.61 Å². The highest BCUT2D eigenvalue weighted by molar-refractivity contribution is 5.80. The maximum Gasteiger partial charge on any atom is 0.304 e. The fourth-order valence-electron chi connectivity index (χ4n) is 2.94. The zero-order chi connectivity index (χ0) is 14.9. The van der Waals surface area contributed by atoms with Crippen LogP contribution in [0.2, 0.25) is 0 Å². The van der Waals surface area contributed by atoms with Crippen molar-refractivity contribution < 1.29 is 19.4 Å². The van der Waals surface area contributed by atoms with Crippen molar-refractivity contribution >= 4 is 12.4 Å². The van der Waals surface area contributed by atoms with Gasteiger partial charge in [0, 0.05) is 12.4 Å². The first-order chi connectivity index (χ1) is 10.2. The predicted molar refractivity (Wildman–Crippen MR) is 72.5 cm³/mol. The van der Waals surface area contributed by atoms with Gasteiger partial charge in [-0.1, -0.05) is 12.1 Å². The summed E-state index contributed by atoms with van der Waals surface area (Å²) >= 11 is 0. The number of aromatic nitrogens is 2. The number of fused-ring (bicyclic) bond motifs is 3. The number of ether oxygens (including phenoxy) is 1. The molecule has 1 aliphatic rings. The van der Waals surface area contributed by atoms with Gasteiger partial charge in [-0.15, -0.1) is 0 Å². The van der Waals surface area contributed by atoms with Gasteiger partial charge in [-0.3, -0.25) is 19.6 Å². The standard InChI is InChI=1S/C15H12N2O4/c18-9-21-8-15(7-12(19)20)10-3-1-5-16-13(10)14-11(15)4-2-6-17-14/h1-6,9H,7-8H2,(H,19,20). The van der Waals surface area contributed by atoms with E-state index in [4.69, 9.17) is 4.74 Å². The highest BCUT2D eigenvalue weighted by Crippen LogP contribution is 2.48. The molecule has 1 aliphatic carbocycles. The molecular weight excluding hydrogens is 272 g/mol. The highest BCUT2D eigenvalue weighted by Gasteiger charge is 2.47. The van der Waals surface area contributed by atoms with Crippen LogP contribution in [0.1, 0.15) is 17.5 Å². The number of aliphatic carboxylic acids is 1. The maximum absolute atomic E-state index is 11.4. The van der Waals surface area contributed by atoms with Crippen molar-refractivity contribution in [1.29, 1.82) is 0 Å². The number of carbonyl (C=O) groups excluding carboxylic acids is 1. The average molecular weight is 284 g/mol. The largest absolute Gasteiger partial charge is 0.481 e. The quantitative estimate of drug-likeness (QED) is 0.834. The van der Waals surface area contributed by atoms with Crippen LogP contribution in [0, 0.1) is 0 Å². The van der Waals surface area contributed by atoms with Gasteiger partial charge >= 0.3 is 5.97 Å². The number of pyridine rings is 2. The monoisotopic (exact) mass is 284 g/mol. The summed E-state index contributed by atoms with van der Waals surface area (Å²) in [5.74, 6) is -0.976. The Morgan fingerprint density at radius 3 is 2.24 bits per heavy atom. The molecule has 6 nitrogen and oxygen atoms in total. The number of hydrogen-bond acceptors (Lipinski definition) is 5. The van der Waals surface area contributed by atoms with Gasteiger partial charge in [-0.25, -0.2) is 0 Å². The number of carboxylic acid groups (broad SMARTS) is 1. The van der Waals surface area contributed by atoms with Crippen LogP contribution in [0.5, 0.6) is 0 Å². The number of nitrogens with zero attached hydrogens (tertiary/aromatic N) is 2. The van der Waals surface area contributed by atoms with Crippen LogP contribution in [-0.4, -0.2) is 34.1 Å². The molecule has 3 rings (SSSR count). The second-order valence-electron chi connectivity index (χ2n) is 4.86. The van der Waals surface area contributed by atoms with Crippen LogP contribution in [0.25, 0.3) is 11.4 Å². The Bertz CT molecular complexity index is 669. The molecule has 0 atom stereocenters. The van der Waals surface area contributed by atoms with Crippen LogP contribution in [-0.2, 0) is 19.7 Å². The smallest absolute Gasteiger partial charge is 0.304 e. The van der Waals surface area contributed by atoms with Crippen LogP contribution >= 0.6 is 0 Å². The predicted octanol–water partition coefficient (Wildman–Crippen LogP) is 1.39. The van der Waals surface area contributed by atoms with E-state index in [1.165, 1.54) is 0 Å². The second-order valence-corrected chi connectivity index (χ2v) is 4.86. The van der Waals surface area contributed by atoms with Gasteiger partial charge in [-0.05, 0) is 23.3 Å². The van der Waals surface area contributed by atoms with Gasteiger partial charge in [0.25, 0.3) is 6.47 Å². The Labute approximate surface area is 120 Å². The molecule has 2 aromatic rings. The Balaban J connectivity index is 2.26. The number of rotatable bonds is 5. The van der Waals surface area contributed by atoms with Crippen LogP contribution in [0.15, 0.2) is 36.7 Å². The Kier molecular flexibility index (Phi) is 3.13. The average Bonchev–Trinajstić information content (AvgIpc) is 2.77. The normalized spacial score (nSPS) is 14.1. The number of carbonyl (C=O) groups is 2. The molecule has 0 radical (unpaired) electrons. The minimum atomic E-state index is -0.976. The van der Waals surface area contributed by atoms with Crippen molar-refractivity contribution in [3.05, 3.63) is 47.8 Å². The molecule has 0 fully saturated rings. The molecule has 0 aliphatic heterocycles. The SMILES string of the molecule is O=COCC1(CC(=O)O)c2cccnc2-c2ncccc21. The van der Waals surface area contributed by atoms with E-state index >= 15 is 0 Å². The van der Waals surface area contributed by atoms with E-state index in [0.29, 0.717) is 17.9 Å². The van der Waals surface area contributed by atoms with Crippen LogP contribution in [0.4, 0.5) is 0 Å². The van der Waals surface area contributed by atoms with E-state index in [9.17, 15) is 14.7 Å². The highest BCUT2D eigenvalue weighted by atomic mass is 16.5. The van der Waals surface area contributed by atoms with Gasteiger partial charge in [0.1, 0.15) is 6.61 Å². The summed E-state index contributed by atoms with van der Waals surface area (Å²) in [6.45, 7) is 0.272. The zero-order valence-corrected chi connectivity index (χ0v) is 11.0. The summed E-state index contributed by atoms with van der Waals surface area (Å²) in [4.78, 5) is 30.6. The summed E-state index contributed by atoms with van der Waals surface area (Å²) in [5.41, 5.74) is 1.79. The first kappa shape index (κ1) is 13.2. The van der Waals surface area contributed by atoms with Crippen molar-refractivity contribution in [3.63, 3.8) is 0 Å². The summed E-state index contributed by atoms with van der Waals surface area (Å²) in [7, 11) is 0. The molecule has 0 amide bonds. The van der Waals surface area contributed by atoms with E-state index < -0.39 is 11.4 Å². The van der Waals surface area contributed by atoms with Gasteiger partial charge in [-0.2, -0.15) is 0 Å². The van der Waals surface area contributed by atoms with Gasteiger partial charge in [0.05, 0.1) is 23.2 Å². The van der Waals surface area contributed by atoms with Crippen molar-refractivity contribution in [3.8, 4) is 11.4 Å². The van der Waals surface area contributed by atoms with E-state index in [1.807, 2.05) is 0 Å². The first-order valence-corrected chi connectivity index (χ1v) is 6.37. The molecule has 2 aromatic heterocycles. The second kappa shape index (κ2) is 4.97. The molecule has 0 spiro atoms. The minimum Gasteiger partial charge on any atom is -0.481 e. The third-order valence-corrected chi connectivity index (χ3v) is 3.72. The molecule has 106 valence electrons. The summed E-state index contributed by atoms with van der Waals surface area (Å²) in [6.07, 6.45) is 3.07. The molecule has 1 N–H and O–H groups in total. The van der Waals surface area contributed by atoms with Gasteiger partial charge < -0.3 is 9.84 Å². The topological polar surface area (TPSA) is 89.4 Å². The van der Waals surface area contributed by atoms with Gasteiger partial charge in [0.15, 0.2) is 0 Å². The Morgan fingerprint density at radius 2 is 1.76 bits per heavy atom. The number of hydrogen-bond donors (Lipinski definition) is 1. The van der Waals surface area contributed by atoms with E-state index in [-0.39, 0.29) is 13.0 Å². The van der Waals surface area contributed by atoms with Crippen molar-refractivity contribution in [2.45, 2.75) is 11.8 Å². The molecule has 0 saturated heterocycles. The lowest BCUT2D eigenvalue weighted by Gasteiger charge is -2.28. The van der Waals surface area contributed by atoms with Crippen LogP contribution in [0.3, 0.4) is 0 Å². The fraction of sp³-hybridized carbons (Fsp3) is 0.200. The summed E-state index contributed by atoms with van der Waals surface area (Å²) < 4.78 is 4.94. The lowest BCUT2D eigenvalue weighted by molar-refractivity contribution is -0.140. The lowest BCUT2D eigenvalue weighted by atomic mass is 9.76. The third kappa shape index (κ3) is 1.96. The number of carboxylic acids is 1. The van der Waals surface area contributed by atoms with E-state index in [0.717, 1.165) is 11.1 Å². The Hall–Kier alpha value is -2.76. The molecule has 0 unspecified atom stereocenters. The fourth-order valence-corrected chi connectivity index (χ4v) is 2.94. The summed E-state index contributed by atoms with van der Waals surface area (Å²) in [5, 5.41) is 9.30. The third-order valence-electron chi connectivity index (χ3n) is 3.72. The lowest BCUT2D eigenvalue weighted by Crippen LogP contribution is -2.34. The zero-order valence-electron chi connectivity index (χ0n) is 11.0. The molecule has 21 heavy (non-hydrogen) atoms. The molecule has 0 saturated carbocycles. The van der Waals surface area contributed by atoms with E-state index in [1.54, 1.807) is 36.7 Å². The molecule has 6 heteroatoms. The first-order valence-electron chi connectivity index (χ1n) is 6.37. The summed E-state index contributed by atoms with van der Waals surface area (Å²) in [6, 6.07) is 7.09. The van der Waals surface area contributed by atoms with E-state index in [2.05, 4.69) is 9.97 Å². The molecular formula is C15H12N2O4. The van der Waals surface area contributed by atoms with Crippen molar-refractivity contribution in [1.82, 2.24) is 9.97 Å². The maximum atomic E-state index is 11.4. The Morgan fingerprint density at radius 1 is 1.19 bits per heavy atom. The van der Waals surface area contributed by atoms with Gasteiger partial charge in [0.2, 0.25) is 0 Å². The van der Waals surface area contributed by atoms with Crippen LogP contribution < -0.4 is 0 Å². The minimum absolute atomic E-state index is 0.0554. The molecule has 0 aromatic carbocycles. The van der Waals surface area contributed by atoms with Crippen molar-refractivity contribution in [2.24, 2.45) is 0 Å². The molecule has 0 bridgehead atoms.